The summed E-state index contributed by atoms with van der Waals surface area (Å²) >= 11 is 0. The molecule has 0 rings (SSSR count). The number of aliphatic hydroxyl groups excluding tert-OH is 1. The first-order chi connectivity index (χ1) is 44.1. The second-order valence-electron chi connectivity index (χ2n) is 28.0. The van der Waals surface area contributed by atoms with Crippen molar-refractivity contribution in [1.82, 2.24) is 0 Å². The summed E-state index contributed by atoms with van der Waals surface area (Å²) in [5.74, 6) is 0.928. The van der Waals surface area contributed by atoms with E-state index in [2.05, 4.69) is 55.4 Å². The molecule has 3 N–H and O–H groups in total. The highest BCUT2D eigenvalue weighted by atomic mass is 31.2. The smallest absolute Gasteiger partial charge is 0.462 e. The van der Waals surface area contributed by atoms with E-state index in [1.807, 2.05) is 0 Å². The molecule has 0 spiro atoms. The zero-order valence-corrected chi connectivity index (χ0v) is 62.0. The Labute approximate surface area is 562 Å². The van der Waals surface area contributed by atoms with E-state index in [0.717, 1.165) is 114 Å². The Morgan fingerprint density at radius 1 is 0.304 bits per heavy atom. The Hall–Kier alpha value is -1.94. The molecule has 4 unspecified atom stereocenters. The number of carbonyl (C=O) groups is 4. The summed E-state index contributed by atoms with van der Waals surface area (Å²) in [6, 6.07) is 0. The quantitative estimate of drug-likeness (QED) is 0.0222. The van der Waals surface area contributed by atoms with Gasteiger partial charge in [-0.05, 0) is 49.4 Å². The second kappa shape index (κ2) is 62.6. The molecule has 0 aromatic carbocycles. The Kier molecular flexibility index (Phi) is 61.3. The minimum atomic E-state index is -4.95. The van der Waals surface area contributed by atoms with Gasteiger partial charge in [0.2, 0.25) is 0 Å². The largest absolute Gasteiger partial charge is 0.472 e. The van der Waals surface area contributed by atoms with Gasteiger partial charge in [-0.25, -0.2) is 9.13 Å². The number of hydrogen-bond acceptors (Lipinski definition) is 15. The SMILES string of the molecule is CCC(C)CCCCCCCCCCCCC(=O)O[C@H](COC(=O)CCCCCCCCCCC(C)C)COP(=O)(O)OCC(O)COP(=O)(O)OC[C@@H](COC(=O)CCCCCCCCCCCCCC(C)C)OC(=O)CCCCCCCCCCCCC(C)C. The van der Waals surface area contributed by atoms with Gasteiger partial charge in [-0.3, -0.25) is 37.3 Å². The first-order valence-electron chi connectivity index (χ1n) is 37.7. The zero-order valence-electron chi connectivity index (χ0n) is 60.2. The third-order valence-corrected chi connectivity index (χ3v) is 19.1. The van der Waals surface area contributed by atoms with Crippen molar-refractivity contribution in [2.75, 3.05) is 39.6 Å². The number of rotatable bonds is 70. The van der Waals surface area contributed by atoms with Crippen LogP contribution in [0, 0.1) is 23.7 Å². The van der Waals surface area contributed by atoms with Gasteiger partial charge in [0, 0.05) is 25.7 Å². The molecule has 0 amide bonds. The summed E-state index contributed by atoms with van der Waals surface area (Å²) in [5.41, 5.74) is 0. The monoisotopic (exact) mass is 1350 g/mol. The van der Waals surface area contributed by atoms with Gasteiger partial charge in [0.25, 0.3) is 0 Å². The van der Waals surface area contributed by atoms with Crippen molar-refractivity contribution in [1.29, 1.82) is 0 Å². The van der Waals surface area contributed by atoms with Crippen molar-refractivity contribution in [3.8, 4) is 0 Å². The lowest BCUT2D eigenvalue weighted by molar-refractivity contribution is -0.161. The zero-order chi connectivity index (χ0) is 68.2. The van der Waals surface area contributed by atoms with Crippen LogP contribution in [0.15, 0.2) is 0 Å². The third-order valence-electron chi connectivity index (χ3n) is 17.2. The molecule has 0 aromatic heterocycles. The van der Waals surface area contributed by atoms with Crippen LogP contribution in [0.2, 0.25) is 0 Å². The van der Waals surface area contributed by atoms with Crippen LogP contribution in [0.5, 0.6) is 0 Å². The fraction of sp³-hybridized carbons (Fsp3) is 0.945. The summed E-state index contributed by atoms with van der Waals surface area (Å²) in [7, 11) is -9.91. The Morgan fingerprint density at radius 3 is 0.772 bits per heavy atom. The van der Waals surface area contributed by atoms with Gasteiger partial charge in [0.15, 0.2) is 12.2 Å². The molecule has 92 heavy (non-hydrogen) atoms. The number of ether oxygens (including phenoxy) is 4. The maximum absolute atomic E-state index is 13.0. The van der Waals surface area contributed by atoms with Gasteiger partial charge in [-0.15, -0.1) is 0 Å². The van der Waals surface area contributed by atoms with E-state index in [0.29, 0.717) is 25.7 Å². The van der Waals surface area contributed by atoms with Crippen LogP contribution in [0.1, 0.15) is 364 Å². The van der Waals surface area contributed by atoms with Crippen LogP contribution < -0.4 is 0 Å². The Balaban J connectivity index is 5.27. The number of phosphoric ester groups is 2. The third kappa shape index (κ3) is 65.4. The fourth-order valence-corrected chi connectivity index (χ4v) is 12.6. The van der Waals surface area contributed by atoms with Crippen molar-refractivity contribution < 1.29 is 80.2 Å². The van der Waals surface area contributed by atoms with Crippen molar-refractivity contribution in [3.63, 3.8) is 0 Å². The molecule has 17 nitrogen and oxygen atoms in total. The Morgan fingerprint density at radius 2 is 0.522 bits per heavy atom. The second-order valence-corrected chi connectivity index (χ2v) is 30.9. The normalized spacial score (nSPS) is 14.5. The van der Waals surface area contributed by atoms with Gasteiger partial charge in [0.1, 0.15) is 19.3 Å². The summed E-state index contributed by atoms with van der Waals surface area (Å²) in [6.07, 6.45) is 45.7. The lowest BCUT2D eigenvalue weighted by atomic mass is 9.99. The highest BCUT2D eigenvalue weighted by Gasteiger charge is 2.30. The summed E-state index contributed by atoms with van der Waals surface area (Å²) < 4.78 is 68.4. The van der Waals surface area contributed by atoms with Gasteiger partial charge in [-0.2, -0.15) is 0 Å². The van der Waals surface area contributed by atoms with E-state index >= 15 is 0 Å². The first-order valence-corrected chi connectivity index (χ1v) is 40.7. The fourth-order valence-electron chi connectivity index (χ4n) is 11.0. The minimum Gasteiger partial charge on any atom is -0.462 e. The first kappa shape index (κ1) is 90.1. The van der Waals surface area contributed by atoms with E-state index in [4.69, 9.17) is 37.0 Å². The molecule has 0 saturated carbocycles. The average Bonchev–Trinajstić information content (AvgIpc) is 2.30. The van der Waals surface area contributed by atoms with Crippen molar-refractivity contribution in [2.24, 2.45) is 23.7 Å². The van der Waals surface area contributed by atoms with Gasteiger partial charge in [0.05, 0.1) is 26.4 Å². The number of esters is 4. The molecule has 0 aliphatic heterocycles. The topological polar surface area (TPSA) is 237 Å². The number of hydrogen-bond donors (Lipinski definition) is 3. The standard InChI is InChI=1S/C73H142O17P2/c1-9-66(8)52-44-36-28-19-14-16-22-32-40-48-56-73(78)90-69(60-84-71(76)54-46-38-30-24-23-27-35-43-51-65(6)7)62-88-92(81,82)86-58-67(74)57-85-91(79,80)87-61-68(89-72(77)55-47-39-31-21-15-13-18-26-34-42-50-64(4)5)59-83-70(75)53-45-37-29-20-12-10-11-17-25-33-41-49-63(2)3/h63-69,74H,9-62H2,1-8H3,(H,79,80)(H,81,82)/t66?,67?,68-,69-/m1/s1. The van der Waals surface area contributed by atoms with Crippen LogP contribution in [-0.4, -0.2) is 96.7 Å². The summed E-state index contributed by atoms with van der Waals surface area (Å²) in [5, 5.41) is 10.6. The number of carbonyl (C=O) groups excluding carboxylic acids is 4. The molecular weight excluding hydrogens is 1210 g/mol. The lowest BCUT2D eigenvalue weighted by Gasteiger charge is -2.21. The van der Waals surface area contributed by atoms with E-state index in [9.17, 15) is 43.2 Å². The molecule has 0 bridgehead atoms. The minimum absolute atomic E-state index is 0.105. The highest BCUT2D eigenvalue weighted by Crippen LogP contribution is 2.45. The van der Waals surface area contributed by atoms with E-state index in [-0.39, 0.29) is 25.7 Å². The highest BCUT2D eigenvalue weighted by molar-refractivity contribution is 7.47. The van der Waals surface area contributed by atoms with Crippen molar-refractivity contribution >= 4 is 39.5 Å². The molecular formula is C73H142O17P2. The maximum Gasteiger partial charge on any atom is 0.472 e. The van der Waals surface area contributed by atoms with Crippen LogP contribution in [-0.2, 0) is 65.4 Å². The maximum atomic E-state index is 13.0. The van der Waals surface area contributed by atoms with Gasteiger partial charge >= 0.3 is 39.5 Å². The number of aliphatic hydroxyl groups is 1. The van der Waals surface area contributed by atoms with Crippen LogP contribution in [0.4, 0.5) is 0 Å². The Bertz CT molecular complexity index is 1820. The average molecular weight is 1350 g/mol. The molecule has 19 heteroatoms. The molecule has 0 fully saturated rings. The molecule has 0 radical (unpaired) electrons. The molecule has 6 atom stereocenters. The molecule has 0 aliphatic rings. The molecule has 546 valence electrons. The summed E-state index contributed by atoms with van der Waals surface area (Å²) in [6.45, 7) is 14.2. The van der Waals surface area contributed by atoms with Crippen LogP contribution >= 0.6 is 15.6 Å². The van der Waals surface area contributed by atoms with Crippen molar-refractivity contribution in [2.45, 2.75) is 382 Å². The number of phosphoric acid groups is 2. The van der Waals surface area contributed by atoms with E-state index in [1.54, 1.807) is 0 Å². The molecule has 0 saturated heterocycles. The van der Waals surface area contributed by atoms with E-state index in [1.165, 1.54) is 167 Å². The van der Waals surface area contributed by atoms with Crippen molar-refractivity contribution in [3.05, 3.63) is 0 Å². The molecule has 0 heterocycles. The molecule has 0 aromatic rings. The van der Waals surface area contributed by atoms with E-state index < -0.39 is 97.5 Å². The lowest BCUT2D eigenvalue weighted by Crippen LogP contribution is -2.30. The number of unbranched alkanes of at least 4 members (excludes halogenated alkanes) is 35. The predicted molar refractivity (Wildman–Crippen MR) is 372 cm³/mol. The molecule has 0 aliphatic carbocycles. The van der Waals surface area contributed by atoms with Crippen LogP contribution in [0.25, 0.3) is 0 Å². The van der Waals surface area contributed by atoms with Gasteiger partial charge in [-0.1, -0.05) is 312 Å². The van der Waals surface area contributed by atoms with Gasteiger partial charge < -0.3 is 33.8 Å². The van der Waals surface area contributed by atoms with Crippen LogP contribution in [0.3, 0.4) is 0 Å². The predicted octanol–water partition coefficient (Wildman–Crippen LogP) is 20.9. The summed E-state index contributed by atoms with van der Waals surface area (Å²) in [4.78, 5) is 72.7.